The summed E-state index contributed by atoms with van der Waals surface area (Å²) in [6, 6.07) is 7.71. The van der Waals surface area contributed by atoms with Gasteiger partial charge in [-0.2, -0.15) is 0 Å². The van der Waals surface area contributed by atoms with Crippen molar-refractivity contribution >= 4 is 17.5 Å². The SMILES string of the molecule is C[C@@H](c1cccc(Cl)c1)N(C)CC(N)=O. The zero-order chi connectivity index (χ0) is 11.4. The number of hydrogen-bond acceptors (Lipinski definition) is 2. The van der Waals surface area contributed by atoms with Crippen LogP contribution in [0.15, 0.2) is 24.3 Å². The van der Waals surface area contributed by atoms with E-state index < -0.39 is 0 Å². The first-order chi connectivity index (χ1) is 7.00. The second kappa shape index (κ2) is 5.14. The van der Waals surface area contributed by atoms with Gasteiger partial charge in [-0.3, -0.25) is 9.69 Å². The minimum absolute atomic E-state index is 0.121. The van der Waals surface area contributed by atoms with Crippen LogP contribution >= 0.6 is 11.6 Å². The summed E-state index contributed by atoms with van der Waals surface area (Å²) in [5.41, 5.74) is 6.21. The zero-order valence-corrected chi connectivity index (χ0v) is 9.66. The van der Waals surface area contributed by atoms with Crippen LogP contribution < -0.4 is 5.73 Å². The van der Waals surface area contributed by atoms with Crippen LogP contribution in [0.1, 0.15) is 18.5 Å². The number of nitrogens with two attached hydrogens (primary N) is 1. The van der Waals surface area contributed by atoms with Gasteiger partial charge in [0.15, 0.2) is 0 Å². The molecule has 0 unspecified atom stereocenters. The summed E-state index contributed by atoms with van der Waals surface area (Å²) in [5.74, 6) is -0.327. The molecule has 1 aromatic rings. The van der Waals surface area contributed by atoms with Gasteiger partial charge in [-0.25, -0.2) is 0 Å². The highest BCUT2D eigenvalue weighted by molar-refractivity contribution is 6.30. The zero-order valence-electron chi connectivity index (χ0n) is 8.90. The summed E-state index contributed by atoms with van der Waals surface area (Å²) in [6.45, 7) is 2.25. The first-order valence-corrected chi connectivity index (χ1v) is 5.12. The topological polar surface area (TPSA) is 46.3 Å². The van der Waals surface area contributed by atoms with Crippen molar-refractivity contribution in [3.63, 3.8) is 0 Å². The summed E-state index contributed by atoms with van der Waals surface area (Å²) in [5, 5.41) is 0.701. The molecule has 1 amide bonds. The van der Waals surface area contributed by atoms with Gasteiger partial charge in [0.1, 0.15) is 0 Å². The Morgan fingerprint density at radius 2 is 2.27 bits per heavy atom. The van der Waals surface area contributed by atoms with Gasteiger partial charge in [-0.1, -0.05) is 23.7 Å². The second-order valence-corrected chi connectivity index (χ2v) is 4.05. The molecule has 1 aromatic carbocycles. The van der Waals surface area contributed by atoms with Crippen LogP contribution in [0.2, 0.25) is 5.02 Å². The van der Waals surface area contributed by atoms with Crippen molar-refractivity contribution in [2.24, 2.45) is 5.73 Å². The lowest BCUT2D eigenvalue weighted by atomic mass is 10.1. The Balaban J connectivity index is 2.75. The van der Waals surface area contributed by atoms with Crippen molar-refractivity contribution in [1.82, 2.24) is 4.90 Å². The predicted octanol–water partition coefficient (Wildman–Crippen LogP) is 1.82. The lowest BCUT2D eigenvalue weighted by Gasteiger charge is -2.23. The van der Waals surface area contributed by atoms with Crippen molar-refractivity contribution in [3.8, 4) is 0 Å². The first kappa shape index (κ1) is 12.0. The molecule has 1 rings (SSSR count). The summed E-state index contributed by atoms with van der Waals surface area (Å²) < 4.78 is 0. The van der Waals surface area contributed by atoms with E-state index in [1.807, 2.05) is 43.1 Å². The Kier molecular flexibility index (Phi) is 4.12. The molecule has 0 spiro atoms. The molecule has 0 aliphatic carbocycles. The van der Waals surface area contributed by atoms with E-state index in [0.717, 1.165) is 5.56 Å². The van der Waals surface area contributed by atoms with Crippen LogP contribution in [-0.2, 0) is 4.79 Å². The number of primary amides is 1. The quantitative estimate of drug-likeness (QED) is 0.851. The van der Waals surface area contributed by atoms with Gasteiger partial charge in [-0.05, 0) is 31.7 Å². The number of hydrogen-bond donors (Lipinski definition) is 1. The number of halogens is 1. The summed E-state index contributed by atoms with van der Waals surface area (Å²) >= 11 is 5.89. The Morgan fingerprint density at radius 3 is 2.80 bits per heavy atom. The molecule has 0 bridgehead atoms. The molecule has 1 atom stereocenters. The van der Waals surface area contributed by atoms with Crippen LogP contribution in [0, 0.1) is 0 Å². The molecule has 82 valence electrons. The minimum atomic E-state index is -0.327. The summed E-state index contributed by atoms with van der Waals surface area (Å²) in [6.07, 6.45) is 0. The normalized spacial score (nSPS) is 12.8. The largest absolute Gasteiger partial charge is 0.369 e. The highest BCUT2D eigenvalue weighted by Crippen LogP contribution is 2.21. The predicted molar refractivity (Wildman–Crippen MR) is 61.7 cm³/mol. The van der Waals surface area contributed by atoms with Crippen molar-refractivity contribution < 1.29 is 4.79 Å². The molecule has 0 aromatic heterocycles. The standard InChI is InChI=1S/C11H15ClN2O/c1-8(14(2)7-11(13)15)9-4-3-5-10(12)6-9/h3-6,8H,7H2,1-2H3,(H2,13,15)/t8-/m0/s1. The van der Waals surface area contributed by atoms with Crippen molar-refractivity contribution in [2.75, 3.05) is 13.6 Å². The van der Waals surface area contributed by atoms with Crippen LogP contribution in [0.4, 0.5) is 0 Å². The third-order valence-electron chi connectivity index (χ3n) is 2.40. The van der Waals surface area contributed by atoms with E-state index in [2.05, 4.69) is 0 Å². The summed E-state index contributed by atoms with van der Waals surface area (Å²) in [7, 11) is 1.86. The van der Waals surface area contributed by atoms with Gasteiger partial charge in [0, 0.05) is 11.1 Å². The monoisotopic (exact) mass is 226 g/mol. The Labute approximate surface area is 94.8 Å². The fraction of sp³-hybridized carbons (Fsp3) is 0.364. The van der Waals surface area contributed by atoms with Gasteiger partial charge in [0.05, 0.1) is 6.54 Å². The van der Waals surface area contributed by atoms with Gasteiger partial charge >= 0.3 is 0 Å². The number of likely N-dealkylation sites (N-methyl/N-ethyl adjacent to an activating group) is 1. The molecular weight excluding hydrogens is 212 g/mol. The average molecular weight is 227 g/mol. The molecule has 0 saturated heterocycles. The second-order valence-electron chi connectivity index (χ2n) is 3.61. The van der Waals surface area contributed by atoms with E-state index in [1.54, 1.807) is 0 Å². The fourth-order valence-electron chi connectivity index (χ4n) is 1.40. The van der Waals surface area contributed by atoms with Crippen LogP contribution in [-0.4, -0.2) is 24.4 Å². The van der Waals surface area contributed by atoms with Gasteiger partial charge in [0.25, 0.3) is 0 Å². The lowest BCUT2D eigenvalue weighted by Crippen LogP contribution is -2.32. The molecule has 0 aliphatic heterocycles. The van der Waals surface area contributed by atoms with E-state index in [1.165, 1.54) is 0 Å². The molecule has 3 nitrogen and oxygen atoms in total. The van der Waals surface area contributed by atoms with E-state index in [4.69, 9.17) is 17.3 Å². The lowest BCUT2D eigenvalue weighted by molar-refractivity contribution is -0.119. The molecule has 15 heavy (non-hydrogen) atoms. The van der Waals surface area contributed by atoms with Crippen LogP contribution in [0.3, 0.4) is 0 Å². The molecule has 0 fully saturated rings. The van der Waals surface area contributed by atoms with Gasteiger partial charge in [-0.15, -0.1) is 0 Å². The first-order valence-electron chi connectivity index (χ1n) is 4.74. The third-order valence-corrected chi connectivity index (χ3v) is 2.63. The highest BCUT2D eigenvalue weighted by Gasteiger charge is 2.13. The molecule has 0 aliphatic rings. The number of rotatable bonds is 4. The minimum Gasteiger partial charge on any atom is -0.369 e. The Morgan fingerprint density at radius 1 is 1.60 bits per heavy atom. The third kappa shape index (κ3) is 3.53. The van der Waals surface area contributed by atoms with Crippen LogP contribution in [0.25, 0.3) is 0 Å². The van der Waals surface area contributed by atoms with Crippen molar-refractivity contribution in [2.45, 2.75) is 13.0 Å². The maximum atomic E-state index is 10.8. The Hall–Kier alpha value is -1.06. The van der Waals surface area contributed by atoms with Gasteiger partial charge in [0.2, 0.25) is 5.91 Å². The number of carbonyl (C=O) groups excluding carboxylic acids is 1. The fourth-order valence-corrected chi connectivity index (χ4v) is 1.60. The van der Waals surface area contributed by atoms with Crippen LogP contribution in [0.5, 0.6) is 0 Å². The highest BCUT2D eigenvalue weighted by atomic mass is 35.5. The van der Waals surface area contributed by atoms with E-state index in [0.29, 0.717) is 5.02 Å². The smallest absolute Gasteiger partial charge is 0.231 e. The Bertz CT molecular complexity index is 354. The van der Waals surface area contributed by atoms with E-state index >= 15 is 0 Å². The molecular formula is C11H15ClN2O. The summed E-state index contributed by atoms with van der Waals surface area (Å²) in [4.78, 5) is 12.6. The molecule has 2 N–H and O–H groups in total. The van der Waals surface area contributed by atoms with Crippen molar-refractivity contribution in [3.05, 3.63) is 34.9 Å². The average Bonchev–Trinajstić information content (AvgIpc) is 2.15. The van der Waals surface area contributed by atoms with E-state index in [9.17, 15) is 4.79 Å². The molecule has 0 heterocycles. The molecule has 0 saturated carbocycles. The number of nitrogens with zero attached hydrogens (tertiary/aromatic N) is 1. The van der Waals surface area contributed by atoms with E-state index in [-0.39, 0.29) is 18.5 Å². The maximum Gasteiger partial charge on any atom is 0.231 e. The molecule has 4 heteroatoms. The molecule has 0 radical (unpaired) electrons. The van der Waals surface area contributed by atoms with Crippen molar-refractivity contribution in [1.29, 1.82) is 0 Å². The van der Waals surface area contributed by atoms with Gasteiger partial charge < -0.3 is 5.73 Å². The number of benzene rings is 1. The number of amides is 1. The number of carbonyl (C=O) groups is 1. The maximum absolute atomic E-state index is 10.8.